The van der Waals surface area contributed by atoms with Gasteiger partial charge in [-0.1, -0.05) is 18.2 Å². The monoisotopic (exact) mass is 377 g/mol. The molecule has 0 spiro atoms. The molecule has 1 amide bonds. The van der Waals surface area contributed by atoms with Crippen LogP contribution in [-0.4, -0.2) is 48.1 Å². The molecule has 5 nitrogen and oxygen atoms in total. The largest absolute Gasteiger partial charge is 0.497 e. The highest BCUT2D eigenvalue weighted by atomic mass is 16.5. The summed E-state index contributed by atoms with van der Waals surface area (Å²) in [6.45, 7) is 2.26. The van der Waals surface area contributed by atoms with Crippen LogP contribution in [0.5, 0.6) is 5.75 Å². The zero-order chi connectivity index (χ0) is 19.3. The van der Waals surface area contributed by atoms with E-state index in [1.54, 1.807) is 19.4 Å². The lowest BCUT2D eigenvalue weighted by molar-refractivity contribution is -0.119. The zero-order valence-electron chi connectivity index (χ0n) is 16.3. The third-order valence-electron chi connectivity index (χ3n) is 5.99. The molecule has 5 rings (SSSR count). The fourth-order valence-electron chi connectivity index (χ4n) is 4.48. The first-order valence-electron chi connectivity index (χ1n) is 9.98. The lowest BCUT2D eigenvalue weighted by Gasteiger charge is -2.51. The molecule has 4 heterocycles. The number of ether oxygens (including phenoxy) is 1. The van der Waals surface area contributed by atoms with Crippen LogP contribution in [0.15, 0.2) is 54.9 Å². The number of carbonyl (C=O) groups is 1. The van der Waals surface area contributed by atoms with Gasteiger partial charge in [-0.2, -0.15) is 0 Å². The van der Waals surface area contributed by atoms with Gasteiger partial charge >= 0.3 is 0 Å². The van der Waals surface area contributed by atoms with E-state index >= 15 is 0 Å². The predicted octanol–water partition coefficient (Wildman–Crippen LogP) is 2.93. The molecule has 1 aromatic carbocycles. The first kappa shape index (κ1) is 18.7. The molecule has 146 valence electrons. The number of nitrogens with zero attached hydrogens (tertiary/aromatic N) is 2. The SMILES string of the molecule is COc1ccc(C=CC(=O)NC2C3CCN(CC3)C2Cc2cccnc2)cc1. The molecule has 3 aliphatic heterocycles. The van der Waals surface area contributed by atoms with Crippen LogP contribution in [-0.2, 0) is 11.2 Å². The number of benzene rings is 1. The number of hydrogen-bond donors (Lipinski definition) is 1. The van der Waals surface area contributed by atoms with Crippen LogP contribution in [0.4, 0.5) is 0 Å². The van der Waals surface area contributed by atoms with Crippen molar-refractivity contribution in [2.45, 2.75) is 31.3 Å². The molecule has 2 atom stereocenters. The molecular weight excluding hydrogens is 350 g/mol. The molecule has 2 unspecified atom stereocenters. The molecule has 3 fully saturated rings. The van der Waals surface area contributed by atoms with E-state index in [4.69, 9.17) is 4.74 Å². The van der Waals surface area contributed by atoms with E-state index in [0.717, 1.165) is 43.7 Å². The highest BCUT2D eigenvalue weighted by Crippen LogP contribution is 2.34. The molecule has 2 bridgehead atoms. The lowest BCUT2D eigenvalue weighted by Crippen LogP contribution is -2.64. The summed E-state index contributed by atoms with van der Waals surface area (Å²) in [5.41, 5.74) is 2.21. The van der Waals surface area contributed by atoms with Gasteiger partial charge in [0.1, 0.15) is 5.75 Å². The average molecular weight is 377 g/mol. The van der Waals surface area contributed by atoms with Crippen LogP contribution in [0.1, 0.15) is 24.0 Å². The normalized spacial score (nSPS) is 26.3. The van der Waals surface area contributed by atoms with Gasteiger partial charge in [-0.25, -0.2) is 0 Å². The molecule has 3 aliphatic rings. The number of piperidine rings is 3. The number of aromatic nitrogens is 1. The fraction of sp³-hybridized carbons (Fsp3) is 0.391. The number of amides is 1. The summed E-state index contributed by atoms with van der Waals surface area (Å²) in [7, 11) is 1.65. The third-order valence-corrected chi connectivity index (χ3v) is 5.99. The number of methoxy groups -OCH3 is 1. The van der Waals surface area contributed by atoms with Crippen LogP contribution >= 0.6 is 0 Å². The Kier molecular flexibility index (Phi) is 5.72. The van der Waals surface area contributed by atoms with Gasteiger partial charge in [0.05, 0.1) is 7.11 Å². The molecule has 2 aromatic rings. The minimum Gasteiger partial charge on any atom is -0.497 e. The molecule has 1 aromatic heterocycles. The summed E-state index contributed by atoms with van der Waals surface area (Å²) in [5, 5.41) is 3.30. The summed E-state index contributed by atoms with van der Waals surface area (Å²) < 4.78 is 5.17. The van der Waals surface area contributed by atoms with E-state index in [1.165, 1.54) is 5.56 Å². The maximum absolute atomic E-state index is 12.6. The van der Waals surface area contributed by atoms with E-state index in [0.29, 0.717) is 12.0 Å². The Morgan fingerprint density at radius 3 is 2.71 bits per heavy atom. The van der Waals surface area contributed by atoms with Crippen LogP contribution < -0.4 is 10.1 Å². The van der Waals surface area contributed by atoms with Gasteiger partial charge in [-0.3, -0.25) is 14.7 Å². The second-order valence-electron chi connectivity index (χ2n) is 7.65. The highest BCUT2D eigenvalue weighted by Gasteiger charge is 2.42. The Labute approximate surface area is 166 Å². The van der Waals surface area contributed by atoms with Gasteiger partial charge < -0.3 is 10.1 Å². The van der Waals surface area contributed by atoms with Crippen molar-refractivity contribution in [3.05, 3.63) is 66.0 Å². The Hall–Kier alpha value is -2.66. The second kappa shape index (κ2) is 8.57. The standard InChI is InChI=1S/C23H27N3O2/c1-28-20-7-4-17(5-8-20)6-9-22(27)25-23-19-10-13-26(14-11-19)21(23)15-18-3-2-12-24-16-18/h2-9,12,16,19,21,23H,10-11,13-15H2,1H3,(H,25,27). The molecule has 0 aliphatic carbocycles. The van der Waals surface area contributed by atoms with Gasteiger partial charge in [0.15, 0.2) is 0 Å². The Bertz CT molecular complexity index is 812. The van der Waals surface area contributed by atoms with E-state index < -0.39 is 0 Å². The van der Waals surface area contributed by atoms with Crippen molar-refractivity contribution in [2.75, 3.05) is 20.2 Å². The van der Waals surface area contributed by atoms with Gasteiger partial charge in [0.2, 0.25) is 5.91 Å². The average Bonchev–Trinajstić information content (AvgIpc) is 2.76. The smallest absolute Gasteiger partial charge is 0.244 e. The van der Waals surface area contributed by atoms with Crippen molar-refractivity contribution in [3.8, 4) is 5.75 Å². The van der Waals surface area contributed by atoms with Crippen molar-refractivity contribution in [2.24, 2.45) is 5.92 Å². The van der Waals surface area contributed by atoms with Crippen molar-refractivity contribution < 1.29 is 9.53 Å². The lowest BCUT2D eigenvalue weighted by atomic mass is 9.77. The highest BCUT2D eigenvalue weighted by molar-refractivity contribution is 5.92. The van der Waals surface area contributed by atoms with Gasteiger partial charge in [-0.05, 0) is 73.7 Å². The van der Waals surface area contributed by atoms with Crippen molar-refractivity contribution >= 4 is 12.0 Å². The maximum atomic E-state index is 12.6. The quantitative estimate of drug-likeness (QED) is 0.787. The van der Waals surface area contributed by atoms with Crippen LogP contribution in [0.25, 0.3) is 6.08 Å². The Morgan fingerprint density at radius 1 is 1.25 bits per heavy atom. The van der Waals surface area contributed by atoms with Crippen molar-refractivity contribution in [1.82, 2.24) is 15.2 Å². The first-order valence-corrected chi connectivity index (χ1v) is 9.98. The predicted molar refractivity (Wildman–Crippen MR) is 110 cm³/mol. The summed E-state index contributed by atoms with van der Waals surface area (Å²) in [5.74, 6) is 1.35. The minimum absolute atomic E-state index is 0.0224. The number of hydrogen-bond acceptors (Lipinski definition) is 4. The first-order chi connectivity index (χ1) is 13.7. The molecule has 3 saturated heterocycles. The Balaban J connectivity index is 1.43. The van der Waals surface area contributed by atoms with Crippen molar-refractivity contribution in [1.29, 1.82) is 0 Å². The van der Waals surface area contributed by atoms with Crippen LogP contribution in [0, 0.1) is 5.92 Å². The number of carbonyl (C=O) groups excluding carboxylic acids is 1. The topological polar surface area (TPSA) is 54.5 Å². The second-order valence-corrected chi connectivity index (χ2v) is 7.65. The van der Waals surface area contributed by atoms with E-state index in [-0.39, 0.29) is 11.9 Å². The number of rotatable bonds is 6. The van der Waals surface area contributed by atoms with Gasteiger partial charge in [0, 0.05) is 30.6 Å². The van der Waals surface area contributed by atoms with Crippen molar-refractivity contribution in [3.63, 3.8) is 0 Å². The zero-order valence-corrected chi connectivity index (χ0v) is 16.3. The number of fused-ring (bicyclic) bond motifs is 3. The summed E-state index contributed by atoms with van der Waals surface area (Å²) in [6, 6.07) is 12.3. The van der Waals surface area contributed by atoms with E-state index in [2.05, 4.69) is 21.3 Å². The fourth-order valence-corrected chi connectivity index (χ4v) is 4.48. The summed E-state index contributed by atoms with van der Waals surface area (Å²) in [6.07, 6.45) is 10.5. The summed E-state index contributed by atoms with van der Waals surface area (Å²) in [4.78, 5) is 19.4. The molecular formula is C23H27N3O2. The van der Waals surface area contributed by atoms with E-state index in [1.807, 2.05) is 42.6 Å². The Morgan fingerprint density at radius 2 is 2.04 bits per heavy atom. The third kappa shape index (κ3) is 4.25. The van der Waals surface area contributed by atoms with Gasteiger partial charge in [0.25, 0.3) is 0 Å². The maximum Gasteiger partial charge on any atom is 0.244 e. The molecule has 28 heavy (non-hydrogen) atoms. The summed E-state index contributed by atoms with van der Waals surface area (Å²) >= 11 is 0. The van der Waals surface area contributed by atoms with E-state index in [9.17, 15) is 4.79 Å². The molecule has 1 N–H and O–H groups in total. The number of nitrogens with one attached hydrogen (secondary N) is 1. The van der Waals surface area contributed by atoms with Crippen LogP contribution in [0.3, 0.4) is 0 Å². The van der Waals surface area contributed by atoms with Gasteiger partial charge in [-0.15, -0.1) is 0 Å². The molecule has 0 radical (unpaired) electrons. The number of pyridine rings is 1. The van der Waals surface area contributed by atoms with Crippen LogP contribution in [0.2, 0.25) is 0 Å². The molecule has 5 heteroatoms. The molecule has 0 saturated carbocycles. The minimum atomic E-state index is -0.0224.